The molecule has 3 aromatic rings. The summed E-state index contributed by atoms with van der Waals surface area (Å²) in [5.41, 5.74) is 6.54. The first-order valence-electron chi connectivity index (χ1n) is 10.3. The molecule has 0 bridgehead atoms. The van der Waals surface area contributed by atoms with Gasteiger partial charge >= 0.3 is 0 Å². The third-order valence-corrected chi connectivity index (χ3v) is 4.70. The standard InChI is InChI=1S/C26H28N2O3/c1-19(2)23-14-13-20(3)15-25(23)31-18-26(29)28-27-16-22-11-7-8-12-24(22)30-17-21-9-5-4-6-10-21/h4-16,19H,17-18H2,1-3H3,(H,28,29)/b27-16-. The van der Waals surface area contributed by atoms with E-state index in [1.165, 1.54) is 0 Å². The van der Waals surface area contributed by atoms with Crippen LogP contribution in [0, 0.1) is 6.92 Å². The minimum absolute atomic E-state index is 0.104. The molecule has 0 unspecified atom stereocenters. The maximum atomic E-state index is 12.2. The van der Waals surface area contributed by atoms with Crippen LogP contribution < -0.4 is 14.9 Å². The molecule has 3 rings (SSSR count). The second-order valence-corrected chi connectivity index (χ2v) is 7.59. The van der Waals surface area contributed by atoms with Crippen LogP contribution in [-0.2, 0) is 11.4 Å². The third-order valence-electron chi connectivity index (χ3n) is 4.70. The Labute approximate surface area is 183 Å². The fraction of sp³-hybridized carbons (Fsp3) is 0.231. The highest BCUT2D eigenvalue weighted by Gasteiger charge is 2.10. The Morgan fingerprint density at radius 1 is 0.968 bits per heavy atom. The molecule has 0 aromatic heterocycles. The van der Waals surface area contributed by atoms with Crippen molar-refractivity contribution in [3.63, 3.8) is 0 Å². The van der Waals surface area contributed by atoms with Crippen LogP contribution in [0.3, 0.4) is 0 Å². The van der Waals surface area contributed by atoms with Crippen molar-refractivity contribution in [3.8, 4) is 11.5 Å². The van der Waals surface area contributed by atoms with E-state index in [1.54, 1.807) is 6.21 Å². The lowest BCUT2D eigenvalue weighted by molar-refractivity contribution is -0.123. The van der Waals surface area contributed by atoms with Gasteiger partial charge in [0, 0.05) is 5.56 Å². The molecule has 5 nitrogen and oxygen atoms in total. The van der Waals surface area contributed by atoms with E-state index in [0.29, 0.717) is 18.3 Å². The van der Waals surface area contributed by atoms with Gasteiger partial charge in [-0.2, -0.15) is 5.10 Å². The molecule has 0 saturated heterocycles. The number of hydrazone groups is 1. The number of hydrogen-bond donors (Lipinski definition) is 1. The zero-order valence-electron chi connectivity index (χ0n) is 18.2. The van der Waals surface area contributed by atoms with E-state index in [1.807, 2.05) is 79.7 Å². The fourth-order valence-corrected chi connectivity index (χ4v) is 3.05. The van der Waals surface area contributed by atoms with Crippen molar-refractivity contribution in [2.24, 2.45) is 5.10 Å². The second-order valence-electron chi connectivity index (χ2n) is 7.59. The molecule has 5 heteroatoms. The summed E-state index contributed by atoms with van der Waals surface area (Å²) in [6.07, 6.45) is 1.57. The molecule has 0 aliphatic heterocycles. The summed E-state index contributed by atoms with van der Waals surface area (Å²) in [5, 5.41) is 4.06. The molecule has 0 fully saturated rings. The van der Waals surface area contributed by atoms with Gasteiger partial charge in [-0.25, -0.2) is 5.43 Å². The summed E-state index contributed by atoms with van der Waals surface area (Å²) < 4.78 is 11.6. The van der Waals surface area contributed by atoms with E-state index in [0.717, 1.165) is 28.0 Å². The lowest BCUT2D eigenvalue weighted by Crippen LogP contribution is -2.25. The van der Waals surface area contributed by atoms with Crippen LogP contribution >= 0.6 is 0 Å². The van der Waals surface area contributed by atoms with Crippen LogP contribution in [0.2, 0.25) is 0 Å². The molecule has 0 saturated carbocycles. The first-order chi connectivity index (χ1) is 15.0. The average molecular weight is 417 g/mol. The van der Waals surface area contributed by atoms with Crippen LogP contribution in [-0.4, -0.2) is 18.7 Å². The lowest BCUT2D eigenvalue weighted by atomic mass is 10.0. The maximum absolute atomic E-state index is 12.2. The highest BCUT2D eigenvalue weighted by Crippen LogP contribution is 2.27. The number of nitrogens with one attached hydrogen (secondary N) is 1. The number of ether oxygens (including phenoxy) is 2. The Bertz CT molecular complexity index is 1030. The number of amides is 1. The predicted molar refractivity (Wildman–Crippen MR) is 124 cm³/mol. The van der Waals surface area contributed by atoms with Gasteiger partial charge in [-0.05, 0) is 47.7 Å². The molecule has 0 aliphatic carbocycles. The molecule has 160 valence electrons. The zero-order valence-corrected chi connectivity index (χ0v) is 18.2. The summed E-state index contributed by atoms with van der Waals surface area (Å²) in [6.45, 7) is 6.55. The Morgan fingerprint density at radius 2 is 1.71 bits per heavy atom. The number of nitrogens with zero attached hydrogens (tertiary/aromatic N) is 1. The highest BCUT2D eigenvalue weighted by molar-refractivity contribution is 5.85. The van der Waals surface area contributed by atoms with E-state index in [2.05, 4.69) is 24.4 Å². The Balaban J connectivity index is 1.55. The summed E-state index contributed by atoms with van der Waals surface area (Å²) in [5.74, 6) is 1.41. The van der Waals surface area contributed by atoms with Crippen LogP contribution in [0.1, 0.15) is 42.0 Å². The van der Waals surface area contributed by atoms with Gasteiger partial charge in [0.05, 0.1) is 6.21 Å². The monoisotopic (exact) mass is 416 g/mol. The summed E-state index contributed by atoms with van der Waals surface area (Å²) in [6, 6.07) is 23.5. The van der Waals surface area contributed by atoms with Gasteiger partial charge in [0.25, 0.3) is 5.91 Å². The number of para-hydroxylation sites is 1. The highest BCUT2D eigenvalue weighted by atomic mass is 16.5. The minimum Gasteiger partial charge on any atom is -0.488 e. The molecule has 0 atom stereocenters. The van der Waals surface area contributed by atoms with Crippen LogP contribution in [0.25, 0.3) is 0 Å². The Morgan fingerprint density at radius 3 is 2.48 bits per heavy atom. The van der Waals surface area contributed by atoms with E-state index in [4.69, 9.17) is 9.47 Å². The van der Waals surface area contributed by atoms with Crippen molar-refractivity contribution in [1.29, 1.82) is 0 Å². The van der Waals surface area contributed by atoms with E-state index >= 15 is 0 Å². The van der Waals surface area contributed by atoms with Gasteiger partial charge in [0.2, 0.25) is 0 Å². The summed E-state index contributed by atoms with van der Waals surface area (Å²) in [4.78, 5) is 12.2. The first-order valence-corrected chi connectivity index (χ1v) is 10.3. The SMILES string of the molecule is Cc1ccc(C(C)C)c(OCC(=O)N/N=C\c2ccccc2OCc2ccccc2)c1. The van der Waals surface area contributed by atoms with Gasteiger partial charge in [0.1, 0.15) is 18.1 Å². The first kappa shape index (κ1) is 22.1. The van der Waals surface area contributed by atoms with Crippen molar-refractivity contribution < 1.29 is 14.3 Å². The van der Waals surface area contributed by atoms with Gasteiger partial charge in [0.15, 0.2) is 6.61 Å². The van der Waals surface area contributed by atoms with Gasteiger partial charge in [-0.3, -0.25) is 4.79 Å². The van der Waals surface area contributed by atoms with Crippen molar-refractivity contribution in [2.75, 3.05) is 6.61 Å². The molecule has 1 amide bonds. The smallest absolute Gasteiger partial charge is 0.277 e. The Hall–Kier alpha value is -3.60. The molecular weight excluding hydrogens is 388 g/mol. The number of aryl methyl sites for hydroxylation is 1. The molecule has 0 radical (unpaired) electrons. The normalized spacial score (nSPS) is 11.0. The molecule has 31 heavy (non-hydrogen) atoms. The van der Waals surface area contributed by atoms with Crippen LogP contribution in [0.5, 0.6) is 11.5 Å². The Kier molecular flexibility index (Phi) is 7.82. The van der Waals surface area contributed by atoms with Crippen molar-refractivity contribution in [1.82, 2.24) is 5.43 Å². The average Bonchev–Trinajstić information content (AvgIpc) is 2.77. The van der Waals surface area contributed by atoms with Crippen molar-refractivity contribution in [2.45, 2.75) is 33.3 Å². The topological polar surface area (TPSA) is 59.9 Å². The number of rotatable bonds is 9. The molecule has 1 N–H and O–H groups in total. The third kappa shape index (κ3) is 6.71. The predicted octanol–water partition coefficient (Wildman–Crippen LogP) is 5.23. The number of carbonyl (C=O) groups excluding carboxylic acids is 1. The van der Waals surface area contributed by atoms with Gasteiger partial charge < -0.3 is 9.47 Å². The van der Waals surface area contributed by atoms with Crippen molar-refractivity contribution in [3.05, 3.63) is 95.1 Å². The fourth-order valence-electron chi connectivity index (χ4n) is 3.05. The van der Waals surface area contributed by atoms with Gasteiger partial charge in [-0.15, -0.1) is 0 Å². The molecule has 3 aromatic carbocycles. The number of hydrogen-bond acceptors (Lipinski definition) is 4. The largest absolute Gasteiger partial charge is 0.488 e. The lowest BCUT2D eigenvalue weighted by Gasteiger charge is -2.14. The molecule has 0 heterocycles. The van der Waals surface area contributed by atoms with Crippen LogP contribution in [0.15, 0.2) is 77.9 Å². The zero-order chi connectivity index (χ0) is 22.1. The number of carbonyl (C=O) groups is 1. The van der Waals surface area contributed by atoms with Crippen LogP contribution in [0.4, 0.5) is 0 Å². The summed E-state index contributed by atoms with van der Waals surface area (Å²) >= 11 is 0. The molecule has 0 spiro atoms. The van der Waals surface area contributed by atoms with Crippen molar-refractivity contribution >= 4 is 12.1 Å². The molecular formula is C26H28N2O3. The van der Waals surface area contributed by atoms with E-state index in [-0.39, 0.29) is 12.5 Å². The van der Waals surface area contributed by atoms with E-state index < -0.39 is 0 Å². The maximum Gasteiger partial charge on any atom is 0.277 e. The number of benzene rings is 3. The molecule has 0 aliphatic rings. The second kappa shape index (κ2) is 11.0. The summed E-state index contributed by atoms with van der Waals surface area (Å²) in [7, 11) is 0. The van der Waals surface area contributed by atoms with E-state index in [9.17, 15) is 4.79 Å². The quantitative estimate of drug-likeness (QED) is 0.384. The van der Waals surface area contributed by atoms with Gasteiger partial charge in [-0.1, -0.05) is 68.4 Å². The minimum atomic E-state index is -0.324.